The van der Waals surface area contributed by atoms with Crippen LogP contribution < -0.4 is 0 Å². The maximum atomic E-state index is 11.7. The summed E-state index contributed by atoms with van der Waals surface area (Å²) in [6.45, 7) is 5.15. The van der Waals surface area contributed by atoms with Crippen molar-refractivity contribution >= 4 is 5.91 Å². The van der Waals surface area contributed by atoms with E-state index in [1.54, 1.807) is 13.8 Å². The number of likely N-dealkylation sites (tertiary alicyclic amines) is 1. The number of hydrogen-bond acceptors (Lipinski definition) is 2. The maximum absolute atomic E-state index is 11.7. The minimum atomic E-state index is -0.664. The van der Waals surface area contributed by atoms with Gasteiger partial charge in [-0.15, -0.1) is 0 Å². The predicted octanol–water partition coefficient (Wildman–Crippen LogP) is 1.94. The minimum Gasteiger partial charge on any atom is -0.390 e. The molecular weight excluding hydrogens is 190 g/mol. The van der Waals surface area contributed by atoms with Gasteiger partial charge in [-0.3, -0.25) is 4.79 Å². The Balaban J connectivity index is 2.39. The lowest BCUT2D eigenvalue weighted by atomic mass is 10.0. The average Bonchev–Trinajstić information content (AvgIpc) is 2.09. The fourth-order valence-corrected chi connectivity index (χ4v) is 1.86. The molecule has 0 saturated carbocycles. The van der Waals surface area contributed by atoms with Crippen LogP contribution in [0.5, 0.6) is 0 Å². The molecule has 15 heavy (non-hydrogen) atoms. The van der Waals surface area contributed by atoms with E-state index < -0.39 is 5.60 Å². The standard InChI is InChI=1S/C12H23NO2/c1-12(2,15)8-10-13-9-6-4-3-5-7-11(13)14/h15H,3-10H2,1-2H3. The van der Waals surface area contributed by atoms with Crippen LogP contribution in [-0.4, -0.2) is 34.6 Å². The van der Waals surface area contributed by atoms with Gasteiger partial charge in [-0.1, -0.05) is 12.8 Å². The van der Waals surface area contributed by atoms with Crippen LogP contribution in [0.15, 0.2) is 0 Å². The molecule has 1 saturated heterocycles. The van der Waals surface area contributed by atoms with Crippen LogP contribution >= 0.6 is 0 Å². The highest BCUT2D eigenvalue weighted by Crippen LogP contribution is 2.14. The highest BCUT2D eigenvalue weighted by atomic mass is 16.3. The highest BCUT2D eigenvalue weighted by Gasteiger charge is 2.19. The lowest BCUT2D eigenvalue weighted by Crippen LogP contribution is -2.37. The molecule has 0 unspecified atom stereocenters. The molecule has 0 aromatic carbocycles. The van der Waals surface area contributed by atoms with E-state index in [1.807, 2.05) is 4.90 Å². The number of hydrogen-bond donors (Lipinski definition) is 1. The monoisotopic (exact) mass is 213 g/mol. The van der Waals surface area contributed by atoms with Crippen LogP contribution in [0.2, 0.25) is 0 Å². The van der Waals surface area contributed by atoms with Gasteiger partial charge in [0.25, 0.3) is 0 Å². The van der Waals surface area contributed by atoms with Gasteiger partial charge in [-0.2, -0.15) is 0 Å². The second kappa shape index (κ2) is 5.50. The van der Waals surface area contributed by atoms with Crippen LogP contribution in [0.25, 0.3) is 0 Å². The largest absolute Gasteiger partial charge is 0.390 e. The SMILES string of the molecule is CC(C)(O)CCN1CCCCCCC1=O. The number of amides is 1. The molecule has 3 nitrogen and oxygen atoms in total. The van der Waals surface area contributed by atoms with Crippen LogP contribution in [-0.2, 0) is 4.79 Å². The summed E-state index contributed by atoms with van der Waals surface area (Å²) in [5.74, 6) is 0.263. The van der Waals surface area contributed by atoms with Gasteiger partial charge in [0.15, 0.2) is 0 Å². The summed E-state index contributed by atoms with van der Waals surface area (Å²) in [5, 5.41) is 9.62. The molecule has 1 aliphatic rings. The topological polar surface area (TPSA) is 40.5 Å². The maximum Gasteiger partial charge on any atom is 0.222 e. The van der Waals surface area contributed by atoms with Crippen molar-refractivity contribution in [2.45, 2.75) is 58.0 Å². The van der Waals surface area contributed by atoms with E-state index in [-0.39, 0.29) is 5.91 Å². The quantitative estimate of drug-likeness (QED) is 0.778. The minimum absolute atomic E-state index is 0.263. The van der Waals surface area contributed by atoms with E-state index in [1.165, 1.54) is 12.8 Å². The fourth-order valence-electron chi connectivity index (χ4n) is 1.86. The van der Waals surface area contributed by atoms with Crippen molar-refractivity contribution < 1.29 is 9.90 Å². The zero-order chi connectivity index (χ0) is 11.3. The Labute approximate surface area is 92.5 Å². The van der Waals surface area contributed by atoms with Gasteiger partial charge in [-0.25, -0.2) is 0 Å². The zero-order valence-corrected chi connectivity index (χ0v) is 9.96. The number of carbonyl (C=O) groups is 1. The molecule has 0 bridgehead atoms. The third-order valence-electron chi connectivity index (χ3n) is 2.91. The molecule has 1 rings (SSSR count). The first kappa shape index (κ1) is 12.5. The molecular formula is C12H23NO2. The zero-order valence-electron chi connectivity index (χ0n) is 9.96. The van der Waals surface area contributed by atoms with Crippen LogP contribution in [0.3, 0.4) is 0 Å². The van der Waals surface area contributed by atoms with Crippen molar-refractivity contribution in [3.05, 3.63) is 0 Å². The molecule has 0 atom stereocenters. The summed E-state index contributed by atoms with van der Waals surface area (Å²) in [6.07, 6.45) is 5.90. The Morgan fingerprint density at radius 2 is 1.93 bits per heavy atom. The third-order valence-corrected chi connectivity index (χ3v) is 2.91. The van der Waals surface area contributed by atoms with Crippen molar-refractivity contribution in [2.24, 2.45) is 0 Å². The summed E-state index contributed by atoms with van der Waals surface area (Å²) in [6, 6.07) is 0. The van der Waals surface area contributed by atoms with Gasteiger partial charge in [0.05, 0.1) is 5.60 Å². The summed E-state index contributed by atoms with van der Waals surface area (Å²) >= 11 is 0. The second-order valence-electron chi connectivity index (χ2n) is 5.11. The van der Waals surface area contributed by atoms with Gasteiger partial charge in [0.1, 0.15) is 0 Å². The van der Waals surface area contributed by atoms with Crippen molar-refractivity contribution in [3.63, 3.8) is 0 Å². The molecule has 88 valence electrons. The van der Waals surface area contributed by atoms with E-state index in [2.05, 4.69) is 0 Å². The summed E-state index contributed by atoms with van der Waals surface area (Å²) in [4.78, 5) is 13.6. The fraction of sp³-hybridized carbons (Fsp3) is 0.917. The van der Waals surface area contributed by atoms with E-state index in [0.717, 1.165) is 19.4 Å². The molecule has 0 spiro atoms. The third kappa shape index (κ3) is 5.17. The first-order valence-electron chi connectivity index (χ1n) is 5.99. The molecule has 0 aliphatic carbocycles. The molecule has 1 aliphatic heterocycles. The summed E-state index contributed by atoms with van der Waals surface area (Å²) in [7, 11) is 0. The van der Waals surface area contributed by atoms with E-state index >= 15 is 0 Å². The molecule has 0 aromatic heterocycles. The lowest BCUT2D eigenvalue weighted by molar-refractivity contribution is -0.132. The van der Waals surface area contributed by atoms with Crippen LogP contribution in [0, 0.1) is 0 Å². The van der Waals surface area contributed by atoms with Crippen molar-refractivity contribution in [2.75, 3.05) is 13.1 Å². The molecule has 1 N–H and O–H groups in total. The first-order chi connectivity index (χ1) is 6.99. The second-order valence-corrected chi connectivity index (χ2v) is 5.11. The number of aliphatic hydroxyl groups is 1. The van der Waals surface area contributed by atoms with Gasteiger partial charge < -0.3 is 10.0 Å². The molecule has 0 radical (unpaired) electrons. The normalized spacial score (nSPS) is 19.9. The smallest absolute Gasteiger partial charge is 0.222 e. The predicted molar refractivity (Wildman–Crippen MR) is 60.6 cm³/mol. The molecule has 3 heteroatoms. The van der Waals surface area contributed by atoms with Gasteiger partial charge in [0, 0.05) is 19.5 Å². The number of rotatable bonds is 3. The summed E-state index contributed by atoms with van der Waals surface area (Å²) < 4.78 is 0. The molecule has 1 heterocycles. The molecule has 0 aromatic rings. The van der Waals surface area contributed by atoms with Crippen LogP contribution in [0.4, 0.5) is 0 Å². The van der Waals surface area contributed by atoms with Crippen molar-refractivity contribution in [3.8, 4) is 0 Å². The van der Waals surface area contributed by atoms with E-state index in [4.69, 9.17) is 0 Å². The number of carbonyl (C=O) groups excluding carboxylic acids is 1. The highest BCUT2D eigenvalue weighted by molar-refractivity contribution is 5.76. The van der Waals surface area contributed by atoms with Gasteiger partial charge in [-0.05, 0) is 33.1 Å². The van der Waals surface area contributed by atoms with Gasteiger partial charge >= 0.3 is 0 Å². The van der Waals surface area contributed by atoms with Crippen molar-refractivity contribution in [1.29, 1.82) is 0 Å². The Bertz CT molecular complexity index is 208. The summed E-state index contributed by atoms with van der Waals surface area (Å²) in [5.41, 5.74) is -0.664. The van der Waals surface area contributed by atoms with E-state index in [9.17, 15) is 9.90 Å². The Hall–Kier alpha value is -0.570. The Morgan fingerprint density at radius 1 is 1.27 bits per heavy atom. The van der Waals surface area contributed by atoms with Crippen molar-refractivity contribution in [1.82, 2.24) is 4.90 Å². The number of nitrogens with zero attached hydrogens (tertiary/aromatic N) is 1. The van der Waals surface area contributed by atoms with E-state index in [0.29, 0.717) is 19.4 Å². The van der Waals surface area contributed by atoms with Gasteiger partial charge in [0.2, 0.25) is 5.91 Å². The average molecular weight is 213 g/mol. The Kier molecular flexibility index (Phi) is 4.58. The Morgan fingerprint density at radius 3 is 2.60 bits per heavy atom. The molecule has 1 amide bonds. The first-order valence-corrected chi connectivity index (χ1v) is 5.99. The van der Waals surface area contributed by atoms with Crippen LogP contribution in [0.1, 0.15) is 52.4 Å². The molecule has 1 fully saturated rings. The lowest BCUT2D eigenvalue weighted by Gasteiger charge is -2.27.